The molecule has 0 unspecified atom stereocenters. The standard InChI is InChI=1S/C14H11NO2/c1-10-7-8-12-13(9-10)17-14(16)15(12)11-5-3-2-4-6-11/h2-9H,1H3. The minimum Gasteiger partial charge on any atom is -0.407 e. The highest BCUT2D eigenvalue weighted by atomic mass is 16.4. The summed E-state index contributed by atoms with van der Waals surface area (Å²) in [5.41, 5.74) is 3.32. The fraction of sp³-hybridized carbons (Fsp3) is 0.0714. The van der Waals surface area contributed by atoms with E-state index in [1.165, 1.54) is 0 Å². The van der Waals surface area contributed by atoms with E-state index in [2.05, 4.69) is 0 Å². The Balaban J connectivity index is 2.37. The third kappa shape index (κ3) is 1.56. The number of fused-ring (bicyclic) bond motifs is 1. The summed E-state index contributed by atoms with van der Waals surface area (Å²) in [6.45, 7) is 1.97. The maximum absolute atomic E-state index is 11.8. The Hall–Kier alpha value is -2.29. The molecular formula is C14H11NO2. The van der Waals surface area contributed by atoms with Crippen LogP contribution in [-0.2, 0) is 0 Å². The number of benzene rings is 2. The molecule has 3 rings (SSSR count). The minimum atomic E-state index is -0.350. The van der Waals surface area contributed by atoms with Gasteiger partial charge in [0.2, 0.25) is 0 Å². The number of hydrogen-bond acceptors (Lipinski definition) is 2. The number of oxazole rings is 1. The van der Waals surface area contributed by atoms with Crippen LogP contribution in [0.1, 0.15) is 5.56 Å². The molecule has 3 heteroatoms. The molecule has 0 atom stereocenters. The summed E-state index contributed by atoms with van der Waals surface area (Å²) >= 11 is 0. The monoisotopic (exact) mass is 225 g/mol. The zero-order valence-electron chi connectivity index (χ0n) is 9.38. The van der Waals surface area contributed by atoms with Crippen molar-refractivity contribution < 1.29 is 4.42 Å². The van der Waals surface area contributed by atoms with Crippen LogP contribution in [0.5, 0.6) is 0 Å². The first-order valence-corrected chi connectivity index (χ1v) is 5.43. The predicted octanol–water partition coefficient (Wildman–Crippen LogP) is 2.89. The lowest BCUT2D eigenvalue weighted by Gasteiger charge is -2.00. The van der Waals surface area contributed by atoms with Gasteiger partial charge in [0.05, 0.1) is 11.2 Å². The van der Waals surface area contributed by atoms with Gasteiger partial charge in [-0.2, -0.15) is 0 Å². The molecule has 0 aliphatic carbocycles. The highest BCUT2D eigenvalue weighted by molar-refractivity contribution is 5.75. The zero-order chi connectivity index (χ0) is 11.8. The van der Waals surface area contributed by atoms with E-state index in [1.807, 2.05) is 55.5 Å². The average Bonchev–Trinajstić information content (AvgIpc) is 2.65. The van der Waals surface area contributed by atoms with E-state index >= 15 is 0 Å². The number of rotatable bonds is 1. The summed E-state index contributed by atoms with van der Waals surface area (Å²) in [5.74, 6) is -0.350. The smallest absolute Gasteiger partial charge is 0.407 e. The molecule has 84 valence electrons. The van der Waals surface area contributed by atoms with Gasteiger partial charge in [-0.15, -0.1) is 0 Å². The van der Waals surface area contributed by atoms with Crippen LogP contribution in [0.4, 0.5) is 0 Å². The van der Waals surface area contributed by atoms with Crippen LogP contribution >= 0.6 is 0 Å². The molecule has 2 aromatic carbocycles. The first kappa shape index (κ1) is 9.90. The SMILES string of the molecule is Cc1ccc2c(c1)oc(=O)n2-c1ccccc1. The normalized spacial score (nSPS) is 10.9. The first-order valence-electron chi connectivity index (χ1n) is 5.43. The molecule has 0 N–H and O–H groups in total. The van der Waals surface area contributed by atoms with E-state index in [0.29, 0.717) is 5.58 Å². The van der Waals surface area contributed by atoms with Gasteiger partial charge in [-0.3, -0.25) is 0 Å². The molecule has 0 aliphatic rings. The van der Waals surface area contributed by atoms with E-state index in [9.17, 15) is 4.79 Å². The molecule has 1 heterocycles. The van der Waals surface area contributed by atoms with E-state index < -0.39 is 0 Å². The molecule has 0 amide bonds. The van der Waals surface area contributed by atoms with Gasteiger partial charge >= 0.3 is 5.76 Å². The van der Waals surface area contributed by atoms with Crippen LogP contribution < -0.4 is 5.76 Å². The van der Waals surface area contributed by atoms with Crippen molar-refractivity contribution in [3.05, 3.63) is 64.6 Å². The Kier molecular flexibility index (Phi) is 2.11. The molecule has 0 fully saturated rings. The molecule has 0 aliphatic heterocycles. The van der Waals surface area contributed by atoms with E-state index in [1.54, 1.807) is 4.57 Å². The summed E-state index contributed by atoms with van der Waals surface area (Å²) in [6.07, 6.45) is 0. The van der Waals surface area contributed by atoms with E-state index in [4.69, 9.17) is 4.42 Å². The highest BCUT2D eigenvalue weighted by Crippen LogP contribution is 2.18. The molecule has 0 radical (unpaired) electrons. The molecule has 0 spiro atoms. The summed E-state index contributed by atoms with van der Waals surface area (Å²) in [6, 6.07) is 15.2. The quantitative estimate of drug-likeness (QED) is 0.638. The minimum absolute atomic E-state index is 0.350. The van der Waals surface area contributed by atoms with Gasteiger partial charge in [0.25, 0.3) is 0 Å². The lowest BCUT2D eigenvalue weighted by molar-refractivity contribution is 0.540. The van der Waals surface area contributed by atoms with Gasteiger partial charge in [-0.05, 0) is 36.8 Å². The van der Waals surface area contributed by atoms with Gasteiger partial charge in [-0.25, -0.2) is 9.36 Å². The van der Waals surface area contributed by atoms with Crippen molar-refractivity contribution >= 4 is 11.1 Å². The van der Waals surface area contributed by atoms with Crippen LogP contribution in [0.3, 0.4) is 0 Å². The highest BCUT2D eigenvalue weighted by Gasteiger charge is 2.10. The van der Waals surface area contributed by atoms with Crippen molar-refractivity contribution in [2.75, 3.05) is 0 Å². The van der Waals surface area contributed by atoms with E-state index in [-0.39, 0.29) is 5.76 Å². The van der Waals surface area contributed by atoms with Gasteiger partial charge in [0.1, 0.15) is 0 Å². The summed E-state index contributed by atoms with van der Waals surface area (Å²) < 4.78 is 6.82. The summed E-state index contributed by atoms with van der Waals surface area (Å²) in [7, 11) is 0. The second kappa shape index (κ2) is 3.63. The van der Waals surface area contributed by atoms with Crippen LogP contribution in [0, 0.1) is 6.92 Å². The number of aromatic nitrogens is 1. The largest absolute Gasteiger partial charge is 0.424 e. The second-order valence-electron chi connectivity index (χ2n) is 4.01. The number of nitrogens with zero attached hydrogens (tertiary/aromatic N) is 1. The molecule has 1 aromatic heterocycles. The van der Waals surface area contributed by atoms with Crippen LogP contribution in [0.2, 0.25) is 0 Å². The Labute approximate surface area is 97.9 Å². The molecule has 3 nitrogen and oxygen atoms in total. The van der Waals surface area contributed by atoms with Crippen molar-refractivity contribution in [3.63, 3.8) is 0 Å². The van der Waals surface area contributed by atoms with Crippen LogP contribution in [0.25, 0.3) is 16.8 Å². The Morgan fingerprint density at radius 3 is 2.59 bits per heavy atom. The second-order valence-corrected chi connectivity index (χ2v) is 4.01. The Morgan fingerprint density at radius 1 is 1.06 bits per heavy atom. The molecule has 17 heavy (non-hydrogen) atoms. The van der Waals surface area contributed by atoms with Crippen molar-refractivity contribution in [1.82, 2.24) is 4.57 Å². The van der Waals surface area contributed by atoms with Crippen molar-refractivity contribution in [1.29, 1.82) is 0 Å². The van der Waals surface area contributed by atoms with E-state index in [0.717, 1.165) is 16.8 Å². The molecule has 0 saturated carbocycles. The van der Waals surface area contributed by atoms with Crippen molar-refractivity contribution in [2.45, 2.75) is 6.92 Å². The van der Waals surface area contributed by atoms with Gasteiger partial charge in [-0.1, -0.05) is 24.3 Å². The Bertz CT molecular complexity index is 723. The molecule has 0 saturated heterocycles. The molecule has 3 aromatic rings. The molecular weight excluding hydrogens is 214 g/mol. The van der Waals surface area contributed by atoms with Crippen LogP contribution in [0.15, 0.2) is 57.7 Å². The third-order valence-electron chi connectivity index (χ3n) is 2.75. The molecule has 0 bridgehead atoms. The summed E-state index contributed by atoms with van der Waals surface area (Å²) in [5, 5.41) is 0. The lowest BCUT2D eigenvalue weighted by atomic mass is 10.2. The maximum Gasteiger partial charge on any atom is 0.424 e. The average molecular weight is 225 g/mol. The van der Waals surface area contributed by atoms with Crippen LogP contribution in [-0.4, -0.2) is 4.57 Å². The van der Waals surface area contributed by atoms with Gasteiger partial charge < -0.3 is 4.42 Å². The summed E-state index contributed by atoms with van der Waals surface area (Å²) in [4.78, 5) is 11.8. The first-order chi connectivity index (χ1) is 8.25. The van der Waals surface area contributed by atoms with Gasteiger partial charge in [0, 0.05) is 0 Å². The maximum atomic E-state index is 11.8. The predicted molar refractivity (Wildman–Crippen MR) is 66.5 cm³/mol. The number of para-hydroxylation sites is 1. The topological polar surface area (TPSA) is 35.1 Å². The van der Waals surface area contributed by atoms with Gasteiger partial charge in [0.15, 0.2) is 5.58 Å². The fourth-order valence-electron chi connectivity index (χ4n) is 1.95. The number of aryl methyl sites for hydroxylation is 1. The van der Waals surface area contributed by atoms with Crippen molar-refractivity contribution in [2.24, 2.45) is 0 Å². The fourth-order valence-corrected chi connectivity index (χ4v) is 1.95. The number of hydrogen-bond donors (Lipinski definition) is 0. The third-order valence-corrected chi connectivity index (χ3v) is 2.75. The van der Waals surface area contributed by atoms with Crippen molar-refractivity contribution in [3.8, 4) is 5.69 Å². The lowest BCUT2D eigenvalue weighted by Crippen LogP contribution is -2.11. The zero-order valence-corrected chi connectivity index (χ0v) is 9.38. The Morgan fingerprint density at radius 2 is 1.82 bits per heavy atom.